The summed E-state index contributed by atoms with van der Waals surface area (Å²) in [5.41, 5.74) is 1.15. The van der Waals surface area contributed by atoms with E-state index in [1.165, 1.54) is 0 Å². The van der Waals surface area contributed by atoms with E-state index >= 15 is 0 Å². The molecule has 0 radical (unpaired) electrons. The van der Waals surface area contributed by atoms with Crippen molar-refractivity contribution in [3.63, 3.8) is 0 Å². The van der Waals surface area contributed by atoms with E-state index in [4.69, 9.17) is 9.84 Å². The van der Waals surface area contributed by atoms with Gasteiger partial charge in [-0.1, -0.05) is 30.3 Å². The first-order chi connectivity index (χ1) is 8.83. The Balaban J connectivity index is 1.95. The molecular formula is C13H17NO3S. The van der Waals surface area contributed by atoms with Gasteiger partial charge in [0.2, 0.25) is 5.91 Å². The van der Waals surface area contributed by atoms with Crippen molar-refractivity contribution in [2.75, 3.05) is 32.1 Å². The van der Waals surface area contributed by atoms with Crippen molar-refractivity contribution >= 4 is 17.7 Å². The summed E-state index contributed by atoms with van der Waals surface area (Å²) in [4.78, 5) is 13.7. The van der Waals surface area contributed by atoms with E-state index in [1.54, 1.807) is 11.8 Å². The Hall–Kier alpha value is -1.04. The highest BCUT2D eigenvalue weighted by atomic mass is 32.2. The molecule has 1 aliphatic heterocycles. The number of rotatable bonds is 6. The highest BCUT2D eigenvalue weighted by molar-refractivity contribution is 8.00. The van der Waals surface area contributed by atoms with Crippen molar-refractivity contribution in [1.29, 1.82) is 0 Å². The smallest absolute Gasteiger partial charge is 0.233 e. The van der Waals surface area contributed by atoms with Crippen molar-refractivity contribution in [2.24, 2.45) is 0 Å². The highest BCUT2D eigenvalue weighted by Crippen LogP contribution is 2.37. The summed E-state index contributed by atoms with van der Waals surface area (Å²) in [6.07, 6.45) is 0. The second kappa shape index (κ2) is 6.78. The van der Waals surface area contributed by atoms with Crippen LogP contribution in [0.25, 0.3) is 0 Å². The molecule has 1 heterocycles. The van der Waals surface area contributed by atoms with Crippen LogP contribution >= 0.6 is 11.8 Å². The van der Waals surface area contributed by atoms with Crippen LogP contribution in [0.4, 0.5) is 0 Å². The van der Waals surface area contributed by atoms with Crippen LogP contribution in [0.5, 0.6) is 0 Å². The third-order valence-electron chi connectivity index (χ3n) is 2.76. The number of hydrogen-bond donors (Lipinski definition) is 1. The second-order valence-electron chi connectivity index (χ2n) is 4.00. The quantitative estimate of drug-likeness (QED) is 0.789. The zero-order valence-electron chi connectivity index (χ0n) is 10.1. The predicted molar refractivity (Wildman–Crippen MR) is 71.3 cm³/mol. The molecule has 98 valence electrons. The van der Waals surface area contributed by atoms with Crippen LogP contribution in [0.2, 0.25) is 0 Å². The summed E-state index contributed by atoms with van der Waals surface area (Å²) in [5, 5.41) is 8.72. The molecule has 4 nitrogen and oxygen atoms in total. The SMILES string of the molecule is O=C1CSC(c2ccccc2)N1CCOCCO. The second-order valence-corrected chi connectivity index (χ2v) is 5.07. The Bertz CT molecular complexity index is 385. The minimum Gasteiger partial charge on any atom is -0.394 e. The van der Waals surface area contributed by atoms with Gasteiger partial charge in [0.15, 0.2) is 0 Å². The van der Waals surface area contributed by atoms with Crippen LogP contribution in [0.3, 0.4) is 0 Å². The van der Waals surface area contributed by atoms with Crippen LogP contribution < -0.4 is 0 Å². The third-order valence-corrected chi connectivity index (χ3v) is 4.02. The number of thioether (sulfide) groups is 1. The van der Waals surface area contributed by atoms with E-state index in [1.807, 2.05) is 35.2 Å². The highest BCUT2D eigenvalue weighted by Gasteiger charge is 2.32. The third kappa shape index (κ3) is 3.25. The fourth-order valence-corrected chi connectivity index (χ4v) is 3.14. The maximum atomic E-state index is 11.8. The van der Waals surface area contributed by atoms with Crippen molar-refractivity contribution in [2.45, 2.75) is 5.37 Å². The number of carbonyl (C=O) groups excluding carboxylic acids is 1. The molecule has 0 spiro atoms. The fraction of sp³-hybridized carbons (Fsp3) is 0.462. The van der Waals surface area contributed by atoms with Gasteiger partial charge in [0.1, 0.15) is 5.37 Å². The van der Waals surface area contributed by atoms with E-state index in [0.717, 1.165) is 5.56 Å². The van der Waals surface area contributed by atoms with Gasteiger partial charge in [0.25, 0.3) is 0 Å². The Kier molecular flexibility index (Phi) is 5.04. The normalized spacial score (nSPS) is 19.5. The molecule has 5 heteroatoms. The Morgan fingerprint density at radius 3 is 2.83 bits per heavy atom. The number of amides is 1. The predicted octanol–water partition coefficient (Wildman–Crippen LogP) is 1.27. The maximum Gasteiger partial charge on any atom is 0.233 e. The molecule has 1 aromatic rings. The summed E-state index contributed by atoms with van der Waals surface area (Å²) < 4.78 is 5.22. The molecule has 1 aliphatic rings. The standard InChI is InChI=1S/C13H17NO3S/c15-7-9-17-8-6-14-12(16)10-18-13(14)11-4-2-1-3-5-11/h1-5,13,15H,6-10H2. The van der Waals surface area contributed by atoms with Crippen LogP contribution in [-0.4, -0.2) is 48.0 Å². The van der Waals surface area contributed by atoms with Gasteiger partial charge < -0.3 is 14.7 Å². The van der Waals surface area contributed by atoms with E-state index in [9.17, 15) is 4.79 Å². The summed E-state index contributed by atoms with van der Waals surface area (Å²) in [7, 11) is 0. The molecular weight excluding hydrogens is 250 g/mol. The van der Waals surface area contributed by atoms with Crippen LogP contribution in [-0.2, 0) is 9.53 Å². The van der Waals surface area contributed by atoms with Gasteiger partial charge in [-0.3, -0.25) is 4.79 Å². The molecule has 1 atom stereocenters. The minimum atomic E-state index is 0.0187. The molecule has 1 unspecified atom stereocenters. The molecule has 1 aromatic carbocycles. The number of aliphatic hydroxyl groups excluding tert-OH is 1. The average molecular weight is 267 g/mol. The lowest BCUT2D eigenvalue weighted by Crippen LogP contribution is -2.31. The summed E-state index contributed by atoms with van der Waals surface area (Å²) in [5.74, 6) is 0.681. The van der Waals surface area contributed by atoms with Gasteiger partial charge in [-0.25, -0.2) is 0 Å². The summed E-state index contributed by atoms with van der Waals surface area (Å²) in [6.45, 7) is 1.39. The van der Waals surface area contributed by atoms with Gasteiger partial charge in [-0.2, -0.15) is 0 Å². The topological polar surface area (TPSA) is 49.8 Å². The Labute approximate surface area is 111 Å². The van der Waals surface area contributed by atoms with Crippen molar-refractivity contribution in [3.8, 4) is 0 Å². The number of nitrogens with zero attached hydrogens (tertiary/aromatic N) is 1. The van der Waals surface area contributed by atoms with Crippen molar-refractivity contribution in [1.82, 2.24) is 4.90 Å². The first kappa shape index (κ1) is 13.4. The monoisotopic (exact) mass is 267 g/mol. The molecule has 1 amide bonds. The van der Waals surface area contributed by atoms with Crippen LogP contribution in [0, 0.1) is 0 Å². The van der Waals surface area contributed by atoms with Crippen LogP contribution in [0.1, 0.15) is 10.9 Å². The molecule has 1 saturated heterocycles. The fourth-order valence-electron chi connectivity index (χ4n) is 1.92. The average Bonchev–Trinajstić information content (AvgIpc) is 2.77. The van der Waals surface area contributed by atoms with Crippen LogP contribution in [0.15, 0.2) is 30.3 Å². The molecule has 2 rings (SSSR count). The molecule has 0 saturated carbocycles. The van der Waals surface area contributed by atoms with E-state index in [0.29, 0.717) is 25.5 Å². The van der Waals surface area contributed by atoms with Gasteiger partial charge in [-0.05, 0) is 5.56 Å². The number of carbonyl (C=O) groups is 1. The van der Waals surface area contributed by atoms with Crippen molar-refractivity contribution < 1.29 is 14.6 Å². The summed E-state index contributed by atoms with van der Waals surface area (Å²) >= 11 is 1.65. The first-order valence-electron chi connectivity index (χ1n) is 5.97. The van der Waals surface area contributed by atoms with Gasteiger partial charge in [0, 0.05) is 6.54 Å². The molecule has 0 bridgehead atoms. The van der Waals surface area contributed by atoms with E-state index < -0.39 is 0 Å². The van der Waals surface area contributed by atoms with Gasteiger partial charge >= 0.3 is 0 Å². The minimum absolute atomic E-state index is 0.0187. The number of benzene rings is 1. The molecule has 1 fully saturated rings. The van der Waals surface area contributed by atoms with E-state index in [-0.39, 0.29) is 17.9 Å². The van der Waals surface area contributed by atoms with E-state index in [2.05, 4.69) is 0 Å². The lowest BCUT2D eigenvalue weighted by Gasteiger charge is -2.24. The Morgan fingerprint density at radius 1 is 1.33 bits per heavy atom. The van der Waals surface area contributed by atoms with Crippen molar-refractivity contribution in [3.05, 3.63) is 35.9 Å². The zero-order valence-corrected chi connectivity index (χ0v) is 10.9. The lowest BCUT2D eigenvalue weighted by molar-refractivity contribution is -0.128. The molecule has 18 heavy (non-hydrogen) atoms. The zero-order chi connectivity index (χ0) is 12.8. The first-order valence-corrected chi connectivity index (χ1v) is 7.02. The molecule has 0 aromatic heterocycles. The molecule has 0 aliphatic carbocycles. The van der Waals surface area contributed by atoms with Gasteiger partial charge in [-0.15, -0.1) is 11.8 Å². The molecule has 1 N–H and O–H groups in total. The number of ether oxygens (including phenoxy) is 1. The van der Waals surface area contributed by atoms with Gasteiger partial charge in [0.05, 0.1) is 25.6 Å². The maximum absolute atomic E-state index is 11.8. The summed E-state index contributed by atoms with van der Waals surface area (Å²) in [6, 6.07) is 10.0. The largest absolute Gasteiger partial charge is 0.394 e. The number of hydrogen-bond acceptors (Lipinski definition) is 4. The number of aliphatic hydroxyl groups is 1. The Morgan fingerprint density at radius 2 is 2.11 bits per heavy atom. The lowest BCUT2D eigenvalue weighted by atomic mass is 10.2.